The summed E-state index contributed by atoms with van der Waals surface area (Å²) < 4.78 is 0. The third-order valence-corrected chi connectivity index (χ3v) is 4.53. The van der Waals surface area contributed by atoms with Gasteiger partial charge in [-0.2, -0.15) is 4.80 Å². The van der Waals surface area contributed by atoms with E-state index in [1.165, 1.54) is 10.4 Å². The van der Waals surface area contributed by atoms with Crippen molar-refractivity contribution in [2.75, 3.05) is 11.4 Å². The topological polar surface area (TPSA) is 63.9 Å². The van der Waals surface area contributed by atoms with Crippen molar-refractivity contribution in [2.24, 2.45) is 0 Å². The molecule has 126 valence electrons. The fourth-order valence-corrected chi connectivity index (χ4v) is 3.24. The van der Waals surface area contributed by atoms with Crippen molar-refractivity contribution in [3.05, 3.63) is 59.7 Å². The molecule has 0 fully saturated rings. The van der Waals surface area contributed by atoms with E-state index in [-0.39, 0.29) is 12.5 Å². The average Bonchev–Trinajstić information content (AvgIpc) is 3.09. The molecule has 1 amide bonds. The number of anilines is 1. The number of hydrogen-bond acceptors (Lipinski definition) is 4. The molecule has 6 nitrogen and oxygen atoms in total. The van der Waals surface area contributed by atoms with Gasteiger partial charge >= 0.3 is 0 Å². The number of carbonyl (C=O) groups excluding carboxylic acids is 1. The van der Waals surface area contributed by atoms with Gasteiger partial charge in [0.2, 0.25) is 5.82 Å². The fraction of sp³-hybridized carbons (Fsp3) is 0.263. The van der Waals surface area contributed by atoms with E-state index in [0.717, 1.165) is 36.2 Å². The number of rotatable bonds is 3. The quantitative estimate of drug-likeness (QED) is 0.739. The molecule has 2 aromatic carbocycles. The number of aryl methyl sites for hydroxylation is 2. The molecule has 2 heterocycles. The van der Waals surface area contributed by atoms with Crippen LogP contribution in [0.4, 0.5) is 5.69 Å². The van der Waals surface area contributed by atoms with Crippen LogP contribution in [0.15, 0.2) is 48.5 Å². The van der Waals surface area contributed by atoms with Gasteiger partial charge in [0.25, 0.3) is 5.91 Å². The largest absolute Gasteiger partial charge is 0.310 e. The molecule has 1 aliphatic rings. The first-order valence-corrected chi connectivity index (χ1v) is 8.44. The second-order valence-electron chi connectivity index (χ2n) is 6.24. The first-order valence-electron chi connectivity index (χ1n) is 8.44. The van der Waals surface area contributed by atoms with Crippen molar-refractivity contribution in [1.29, 1.82) is 0 Å². The minimum atomic E-state index is -0.0131. The molecule has 0 radical (unpaired) electrons. The summed E-state index contributed by atoms with van der Waals surface area (Å²) in [6.07, 6.45) is 1.99. The van der Waals surface area contributed by atoms with Crippen LogP contribution in [0.5, 0.6) is 0 Å². The van der Waals surface area contributed by atoms with Gasteiger partial charge in [0.15, 0.2) is 0 Å². The summed E-state index contributed by atoms with van der Waals surface area (Å²) in [6.45, 7) is 2.83. The summed E-state index contributed by atoms with van der Waals surface area (Å²) >= 11 is 0. The lowest BCUT2D eigenvalue weighted by Crippen LogP contribution is -2.38. The van der Waals surface area contributed by atoms with Gasteiger partial charge in [-0.05, 0) is 42.2 Å². The van der Waals surface area contributed by atoms with Gasteiger partial charge in [0, 0.05) is 17.8 Å². The normalized spacial score (nSPS) is 13.6. The molecule has 0 spiro atoms. The van der Waals surface area contributed by atoms with Crippen LogP contribution in [0.2, 0.25) is 0 Å². The van der Waals surface area contributed by atoms with E-state index in [1.807, 2.05) is 54.3 Å². The Labute approximate surface area is 146 Å². The number of aromatic nitrogens is 4. The van der Waals surface area contributed by atoms with Crippen LogP contribution in [0, 0.1) is 6.92 Å². The van der Waals surface area contributed by atoms with Gasteiger partial charge in [-0.25, -0.2) is 0 Å². The Kier molecular flexibility index (Phi) is 4.01. The predicted octanol–water partition coefficient (Wildman–Crippen LogP) is 2.63. The Bertz CT molecular complexity index is 917. The SMILES string of the molecule is Cc1ccccc1-c1nnn(CC(=O)N2CCCc3ccccc32)n1. The van der Waals surface area contributed by atoms with E-state index in [0.29, 0.717) is 5.82 Å². The summed E-state index contributed by atoms with van der Waals surface area (Å²) in [5.74, 6) is 0.533. The Hall–Kier alpha value is -3.02. The van der Waals surface area contributed by atoms with Crippen LogP contribution < -0.4 is 4.90 Å². The van der Waals surface area contributed by atoms with E-state index in [4.69, 9.17) is 0 Å². The zero-order valence-electron chi connectivity index (χ0n) is 14.1. The lowest BCUT2D eigenvalue weighted by Gasteiger charge is -2.29. The summed E-state index contributed by atoms with van der Waals surface area (Å²) in [7, 11) is 0. The van der Waals surface area contributed by atoms with Crippen LogP contribution in [-0.4, -0.2) is 32.7 Å². The lowest BCUT2D eigenvalue weighted by molar-refractivity contribution is -0.119. The summed E-state index contributed by atoms with van der Waals surface area (Å²) in [5, 5.41) is 12.5. The Morgan fingerprint density at radius 1 is 1.12 bits per heavy atom. The number of tetrazole rings is 1. The first-order chi connectivity index (χ1) is 12.2. The maximum Gasteiger partial charge on any atom is 0.250 e. The number of amides is 1. The molecule has 0 unspecified atom stereocenters. The predicted molar refractivity (Wildman–Crippen MR) is 95.1 cm³/mol. The molecule has 0 saturated heterocycles. The van der Waals surface area contributed by atoms with E-state index in [1.54, 1.807) is 0 Å². The molecule has 0 aliphatic carbocycles. The van der Waals surface area contributed by atoms with Crippen molar-refractivity contribution in [3.63, 3.8) is 0 Å². The van der Waals surface area contributed by atoms with Gasteiger partial charge in [-0.1, -0.05) is 42.5 Å². The Morgan fingerprint density at radius 2 is 1.92 bits per heavy atom. The molecule has 25 heavy (non-hydrogen) atoms. The maximum absolute atomic E-state index is 12.7. The highest BCUT2D eigenvalue weighted by atomic mass is 16.2. The van der Waals surface area contributed by atoms with Crippen molar-refractivity contribution in [2.45, 2.75) is 26.3 Å². The minimum absolute atomic E-state index is 0.0131. The molecule has 0 N–H and O–H groups in total. The molecule has 6 heteroatoms. The number of carbonyl (C=O) groups is 1. The van der Waals surface area contributed by atoms with Crippen LogP contribution >= 0.6 is 0 Å². The first kappa shape index (κ1) is 15.5. The van der Waals surface area contributed by atoms with Crippen LogP contribution in [0.25, 0.3) is 11.4 Å². The second-order valence-corrected chi connectivity index (χ2v) is 6.24. The number of para-hydroxylation sites is 1. The summed E-state index contributed by atoms with van der Waals surface area (Å²) in [5.41, 5.74) is 4.23. The maximum atomic E-state index is 12.7. The van der Waals surface area contributed by atoms with Crippen LogP contribution in [-0.2, 0) is 17.8 Å². The van der Waals surface area contributed by atoms with Gasteiger partial charge < -0.3 is 4.90 Å². The summed E-state index contributed by atoms with van der Waals surface area (Å²) in [6, 6.07) is 15.9. The highest BCUT2D eigenvalue weighted by molar-refractivity contribution is 5.94. The average molecular weight is 333 g/mol. The molecule has 0 atom stereocenters. The highest BCUT2D eigenvalue weighted by Crippen LogP contribution is 2.26. The smallest absolute Gasteiger partial charge is 0.250 e. The number of benzene rings is 2. The van der Waals surface area contributed by atoms with Gasteiger partial charge in [0.05, 0.1) is 0 Å². The molecular formula is C19H19N5O. The lowest BCUT2D eigenvalue weighted by atomic mass is 10.0. The van der Waals surface area contributed by atoms with Crippen molar-refractivity contribution in [3.8, 4) is 11.4 Å². The van der Waals surface area contributed by atoms with Crippen LogP contribution in [0.1, 0.15) is 17.5 Å². The third-order valence-electron chi connectivity index (χ3n) is 4.53. The minimum Gasteiger partial charge on any atom is -0.310 e. The number of nitrogens with zero attached hydrogens (tertiary/aromatic N) is 5. The molecule has 3 aromatic rings. The standard InChI is InChI=1S/C19H19N5O/c1-14-7-2-4-10-16(14)19-20-22-24(21-19)13-18(25)23-12-6-9-15-8-3-5-11-17(15)23/h2-5,7-8,10-11H,6,9,12-13H2,1H3. The third kappa shape index (κ3) is 3.03. The summed E-state index contributed by atoms with van der Waals surface area (Å²) in [4.78, 5) is 15.9. The molecule has 0 bridgehead atoms. The monoisotopic (exact) mass is 333 g/mol. The number of fused-ring (bicyclic) bond motifs is 1. The van der Waals surface area contributed by atoms with E-state index in [9.17, 15) is 4.79 Å². The van der Waals surface area contributed by atoms with E-state index >= 15 is 0 Å². The molecule has 0 saturated carbocycles. The molecule has 4 rings (SSSR count). The highest BCUT2D eigenvalue weighted by Gasteiger charge is 2.23. The van der Waals surface area contributed by atoms with E-state index < -0.39 is 0 Å². The van der Waals surface area contributed by atoms with Gasteiger partial charge in [-0.3, -0.25) is 4.79 Å². The van der Waals surface area contributed by atoms with Crippen LogP contribution in [0.3, 0.4) is 0 Å². The number of hydrogen-bond donors (Lipinski definition) is 0. The van der Waals surface area contributed by atoms with Crippen molar-refractivity contribution >= 4 is 11.6 Å². The van der Waals surface area contributed by atoms with Gasteiger partial charge in [-0.15, -0.1) is 10.2 Å². The Balaban J connectivity index is 1.54. The van der Waals surface area contributed by atoms with E-state index in [2.05, 4.69) is 21.5 Å². The van der Waals surface area contributed by atoms with Crippen molar-refractivity contribution < 1.29 is 4.79 Å². The molecular weight excluding hydrogens is 314 g/mol. The molecule has 1 aromatic heterocycles. The second kappa shape index (κ2) is 6.47. The Morgan fingerprint density at radius 3 is 2.80 bits per heavy atom. The zero-order valence-corrected chi connectivity index (χ0v) is 14.1. The van der Waals surface area contributed by atoms with Crippen molar-refractivity contribution in [1.82, 2.24) is 20.2 Å². The zero-order chi connectivity index (χ0) is 17.2. The van der Waals surface area contributed by atoms with Gasteiger partial charge in [0.1, 0.15) is 6.54 Å². The molecule has 1 aliphatic heterocycles. The fourth-order valence-electron chi connectivity index (χ4n) is 3.24.